The minimum Gasteiger partial charge on any atom is -0.326 e. The van der Waals surface area contributed by atoms with Gasteiger partial charge in [-0.05, 0) is 30.3 Å². The summed E-state index contributed by atoms with van der Waals surface area (Å²) in [5.74, 6) is -0.282. The molecule has 2 amide bonds. The van der Waals surface area contributed by atoms with Crippen LogP contribution in [-0.4, -0.2) is 16.8 Å². The zero-order chi connectivity index (χ0) is 18.5. The molecule has 26 heavy (non-hydrogen) atoms. The number of carbonyl (C=O) groups is 2. The smallest absolute Gasteiger partial charge is 0.230 e. The van der Waals surface area contributed by atoms with Gasteiger partial charge in [0.2, 0.25) is 11.8 Å². The van der Waals surface area contributed by atoms with Crippen LogP contribution in [0, 0.1) is 0 Å². The third-order valence-electron chi connectivity index (χ3n) is 3.43. The SMILES string of the molecule is CC(=O)Nc1cccc(-c2nc(CC(=O)Nc3cccc(Cl)c3)cs2)c1. The summed E-state index contributed by atoms with van der Waals surface area (Å²) in [6.07, 6.45) is 0.175. The summed E-state index contributed by atoms with van der Waals surface area (Å²) in [4.78, 5) is 27.9. The lowest BCUT2D eigenvalue weighted by molar-refractivity contribution is -0.116. The van der Waals surface area contributed by atoms with E-state index in [-0.39, 0.29) is 18.2 Å². The zero-order valence-electron chi connectivity index (χ0n) is 14.0. The number of benzene rings is 2. The lowest BCUT2D eigenvalue weighted by Gasteiger charge is -2.04. The van der Waals surface area contributed by atoms with Crippen molar-refractivity contribution in [2.45, 2.75) is 13.3 Å². The van der Waals surface area contributed by atoms with Gasteiger partial charge in [-0.15, -0.1) is 11.3 Å². The van der Waals surface area contributed by atoms with Gasteiger partial charge < -0.3 is 10.6 Å². The Hall–Kier alpha value is -2.70. The van der Waals surface area contributed by atoms with E-state index in [9.17, 15) is 9.59 Å². The maximum absolute atomic E-state index is 12.2. The van der Waals surface area contributed by atoms with Crippen LogP contribution in [0.4, 0.5) is 11.4 Å². The summed E-state index contributed by atoms with van der Waals surface area (Å²) < 4.78 is 0. The molecule has 0 saturated heterocycles. The number of hydrogen-bond acceptors (Lipinski definition) is 4. The first-order chi connectivity index (χ1) is 12.5. The number of rotatable bonds is 5. The molecule has 0 aliphatic rings. The van der Waals surface area contributed by atoms with E-state index in [1.807, 2.05) is 29.6 Å². The first-order valence-electron chi connectivity index (χ1n) is 7.87. The molecule has 1 aromatic heterocycles. The first kappa shape index (κ1) is 18.1. The van der Waals surface area contributed by atoms with Crippen molar-refractivity contribution in [3.63, 3.8) is 0 Å². The van der Waals surface area contributed by atoms with Crippen molar-refractivity contribution in [3.05, 3.63) is 64.6 Å². The highest BCUT2D eigenvalue weighted by atomic mass is 35.5. The van der Waals surface area contributed by atoms with Crippen LogP contribution in [0.5, 0.6) is 0 Å². The van der Waals surface area contributed by atoms with Gasteiger partial charge in [0.1, 0.15) is 5.01 Å². The highest BCUT2D eigenvalue weighted by Crippen LogP contribution is 2.26. The molecule has 0 radical (unpaired) electrons. The lowest BCUT2D eigenvalue weighted by Crippen LogP contribution is -2.14. The van der Waals surface area contributed by atoms with Gasteiger partial charge >= 0.3 is 0 Å². The highest BCUT2D eigenvalue weighted by Gasteiger charge is 2.10. The fourth-order valence-corrected chi connectivity index (χ4v) is 3.40. The second kappa shape index (κ2) is 8.12. The molecular weight excluding hydrogens is 370 g/mol. The third-order valence-corrected chi connectivity index (χ3v) is 4.61. The summed E-state index contributed by atoms with van der Waals surface area (Å²) in [5.41, 5.74) is 2.95. The summed E-state index contributed by atoms with van der Waals surface area (Å²) in [5, 5.41) is 8.77. The molecule has 3 aromatic rings. The van der Waals surface area contributed by atoms with Crippen LogP contribution >= 0.6 is 22.9 Å². The predicted molar refractivity (Wildman–Crippen MR) is 106 cm³/mol. The molecular formula is C19H16ClN3O2S. The molecule has 0 bridgehead atoms. The van der Waals surface area contributed by atoms with Crippen LogP contribution in [0.1, 0.15) is 12.6 Å². The van der Waals surface area contributed by atoms with Gasteiger partial charge in [-0.3, -0.25) is 9.59 Å². The summed E-state index contributed by atoms with van der Waals surface area (Å²) >= 11 is 7.37. The van der Waals surface area contributed by atoms with Crippen LogP contribution in [0.3, 0.4) is 0 Å². The van der Waals surface area contributed by atoms with Crippen molar-refractivity contribution in [2.75, 3.05) is 10.6 Å². The minimum absolute atomic E-state index is 0.125. The second-order valence-corrected chi connectivity index (χ2v) is 6.94. The minimum atomic E-state index is -0.156. The van der Waals surface area contributed by atoms with Gasteiger partial charge in [0, 0.05) is 34.3 Å². The Balaban J connectivity index is 1.68. The Morgan fingerprint density at radius 3 is 2.54 bits per heavy atom. The number of anilines is 2. The topological polar surface area (TPSA) is 71.1 Å². The number of nitrogens with zero attached hydrogens (tertiary/aromatic N) is 1. The van der Waals surface area contributed by atoms with Crippen molar-refractivity contribution in [3.8, 4) is 10.6 Å². The van der Waals surface area contributed by atoms with Crippen molar-refractivity contribution in [2.24, 2.45) is 0 Å². The molecule has 2 aromatic carbocycles. The normalized spacial score (nSPS) is 10.4. The van der Waals surface area contributed by atoms with E-state index in [2.05, 4.69) is 15.6 Å². The van der Waals surface area contributed by atoms with Gasteiger partial charge in [0.15, 0.2) is 0 Å². The van der Waals surface area contributed by atoms with E-state index in [0.717, 1.165) is 10.6 Å². The Morgan fingerprint density at radius 2 is 1.81 bits per heavy atom. The number of halogens is 1. The Morgan fingerprint density at radius 1 is 1.08 bits per heavy atom. The van der Waals surface area contributed by atoms with Crippen molar-refractivity contribution in [1.29, 1.82) is 0 Å². The Bertz CT molecular complexity index is 955. The van der Waals surface area contributed by atoms with Gasteiger partial charge in [0.05, 0.1) is 12.1 Å². The molecule has 5 nitrogen and oxygen atoms in total. The summed E-state index contributed by atoms with van der Waals surface area (Å²) in [6.45, 7) is 1.46. The van der Waals surface area contributed by atoms with Crippen LogP contribution in [-0.2, 0) is 16.0 Å². The number of nitrogens with one attached hydrogen (secondary N) is 2. The predicted octanol–water partition coefficient (Wildman–Crippen LogP) is 4.60. The van der Waals surface area contributed by atoms with Crippen LogP contribution in [0.25, 0.3) is 10.6 Å². The monoisotopic (exact) mass is 385 g/mol. The van der Waals surface area contributed by atoms with E-state index in [1.54, 1.807) is 24.3 Å². The first-order valence-corrected chi connectivity index (χ1v) is 9.13. The van der Waals surface area contributed by atoms with Crippen molar-refractivity contribution < 1.29 is 9.59 Å². The zero-order valence-corrected chi connectivity index (χ0v) is 15.5. The maximum Gasteiger partial charge on any atom is 0.230 e. The Kier molecular flexibility index (Phi) is 5.65. The van der Waals surface area contributed by atoms with Crippen LogP contribution < -0.4 is 10.6 Å². The quantitative estimate of drug-likeness (QED) is 0.674. The molecule has 1 heterocycles. The number of hydrogen-bond donors (Lipinski definition) is 2. The maximum atomic E-state index is 12.2. The van der Waals surface area contributed by atoms with E-state index in [4.69, 9.17) is 11.6 Å². The largest absolute Gasteiger partial charge is 0.326 e. The lowest BCUT2D eigenvalue weighted by atomic mass is 10.2. The molecule has 0 atom stereocenters. The van der Waals surface area contributed by atoms with Crippen LogP contribution in [0.2, 0.25) is 5.02 Å². The van der Waals surface area contributed by atoms with Crippen molar-refractivity contribution >= 4 is 46.1 Å². The number of aromatic nitrogens is 1. The van der Waals surface area contributed by atoms with E-state index >= 15 is 0 Å². The average Bonchev–Trinajstić information content (AvgIpc) is 3.03. The fourth-order valence-electron chi connectivity index (χ4n) is 2.39. The fraction of sp³-hybridized carbons (Fsp3) is 0.105. The van der Waals surface area contributed by atoms with Gasteiger partial charge in [-0.1, -0.05) is 29.8 Å². The summed E-state index contributed by atoms with van der Waals surface area (Å²) in [7, 11) is 0. The summed E-state index contributed by atoms with van der Waals surface area (Å²) in [6, 6.07) is 14.4. The third kappa shape index (κ3) is 4.91. The Labute approximate surface area is 160 Å². The molecule has 7 heteroatoms. The standard InChI is InChI=1S/C19H16ClN3O2S/c1-12(24)21-15-6-2-4-13(8-15)19-23-17(11-26-19)10-18(25)22-16-7-3-5-14(20)9-16/h2-9,11H,10H2,1H3,(H,21,24)(H,22,25). The van der Waals surface area contributed by atoms with E-state index in [1.165, 1.54) is 18.3 Å². The van der Waals surface area contributed by atoms with Gasteiger partial charge in [-0.25, -0.2) is 4.98 Å². The number of thiazole rings is 1. The molecule has 0 unspecified atom stereocenters. The van der Waals surface area contributed by atoms with Gasteiger partial charge in [-0.2, -0.15) is 0 Å². The second-order valence-electron chi connectivity index (χ2n) is 5.64. The molecule has 0 aliphatic heterocycles. The molecule has 0 fully saturated rings. The molecule has 3 rings (SSSR count). The van der Waals surface area contributed by atoms with Crippen LogP contribution in [0.15, 0.2) is 53.9 Å². The number of amides is 2. The molecule has 0 spiro atoms. The van der Waals surface area contributed by atoms with E-state index in [0.29, 0.717) is 22.1 Å². The average molecular weight is 386 g/mol. The molecule has 0 aliphatic carbocycles. The van der Waals surface area contributed by atoms with E-state index < -0.39 is 0 Å². The van der Waals surface area contributed by atoms with Gasteiger partial charge in [0.25, 0.3) is 0 Å². The molecule has 132 valence electrons. The number of carbonyl (C=O) groups excluding carboxylic acids is 2. The molecule has 0 saturated carbocycles. The highest BCUT2D eigenvalue weighted by molar-refractivity contribution is 7.13. The molecule has 2 N–H and O–H groups in total. The van der Waals surface area contributed by atoms with Crippen molar-refractivity contribution in [1.82, 2.24) is 4.98 Å².